The minimum atomic E-state index is -0.950. The Hall–Kier alpha value is -2.01. The number of benzene rings is 1. The van der Waals surface area contributed by atoms with Gasteiger partial charge in [-0.25, -0.2) is 4.79 Å². The first-order valence-electron chi connectivity index (χ1n) is 11.6. The van der Waals surface area contributed by atoms with Crippen molar-refractivity contribution in [2.75, 3.05) is 20.3 Å². The molecule has 0 radical (unpaired) electrons. The van der Waals surface area contributed by atoms with Crippen LogP contribution in [0.2, 0.25) is 0 Å². The van der Waals surface area contributed by atoms with Crippen molar-refractivity contribution < 1.29 is 15.0 Å². The molecule has 0 fully saturated rings. The fraction of sp³-hybridized carbons (Fsp3) is 0.640. The van der Waals surface area contributed by atoms with E-state index >= 15 is 0 Å². The lowest BCUT2D eigenvalue weighted by molar-refractivity contribution is 0.0697. The summed E-state index contributed by atoms with van der Waals surface area (Å²) in [6.45, 7) is 4.55. The quantitative estimate of drug-likeness (QED) is 0.371. The lowest BCUT2D eigenvalue weighted by Crippen LogP contribution is -2.23. The molecule has 0 bridgehead atoms. The maximum atomic E-state index is 10.3. The van der Waals surface area contributed by atoms with E-state index in [1.165, 1.54) is 89.3 Å². The van der Waals surface area contributed by atoms with Crippen LogP contribution in [0, 0.1) is 0 Å². The van der Waals surface area contributed by atoms with Gasteiger partial charge < -0.3 is 20.0 Å². The Labute approximate surface area is 183 Å². The standard InChI is InChI=1S/C17H34N2.C8H8O3/c1-3-4-5-6-7-8-9-10-11-12-13-14-19-16-15-18(2)17-19;9-5-6-1-3-7(4-2-6)8(10)11/h15-16H,3-14,17H2,1-2H3;1-4,9H,5H2,(H,10,11). The molecule has 1 heterocycles. The number of carbonyl (C=O) groups is 1. The summed E-state index contributed by atoms with van der Waals surface area (Å²) in [6.07, 6.45) is 20.1. The van der Waals surface area contributed by atoms with Gasteiger partial charge in [0, 0.05) is 26.0 Å². The molecule has 2 N–H and O–H groups in total. The number of aliphatic hydroxyl groups is 1. The summed E-state index contributed by atoms with van der Waals surface area (Å²) in [5.74, 6) is -0.950. The number of nitrogens with zero attached hydrogens (tertiary/aromatic N) is 2. The zero-order valence-electron chi connectivity index (χ0n) is 19.1. The number of carboxylic acid groups (broad SMARTS) is 1. The Balaban J connectivity index is 0.000000346. The van der Waals surface area contributed by atoms with Gasteiger partial charge in [0.1, 0.15) is 0 Å². The summed E-state index contributed by atoms with van der Waals surface area (Å²) in [7, 11) is 2.14. The highest BCUT2D eigenvalue weighted by Gasteiger charge is 2.06. The van der Waals surface area contributed by atoms with Crippen molar-refractivity contribution in [1.82, 2.24) is 9.80 Å². The molecule has 0 saturated heterocycles. The van der Waals surface area contributed by atoms with E-state index in [1.54, 1.807) is 12.1 Å². The zero-order valence-corrected chi connectivity index (χ0v) is 19.1. The summed E-state index contributed by atoms with van der Waals surface area (Å²) >= 11 is 0. The van der Waals surface area contributed by atoms with Gasteiger partial charge in [0.15, 0.2) is 0 Å². The van der Waals surface area contributed by atoms with Gasteiger partial charge in [-0.2, -0.15) is 0 Å². The largest absolute Gasteiger partial charge is 0.478 e. The van der Waals surface area contributed by atoms with Crippen molar-refractivity contribution in [3.05, 3.63) is 47.8 Å². The van der Waals surface area contributed by atoms with Crippen LogP contribution in [0.4, 0.5) is 0 Å². The molecule has 0 spiro atoms. The summed E-state index contributed by atoms with van der Waals surface area (Å²) in [4.78, 5) is 15.0. The molecule has 0 unspecified atom stereocenters. The third kappa shape index (κ3) is 12.5. The van der Waals surface area contributed by atoms with Crippen LogP contribution in [-0.4, -0.2) is 46.2 Å². The first-order chi connectivity index (χ1) is 14.6. The fourth-order valence-corrected chi connectivity index (χ4v) is 3.47. The second-order valence-electron chi connectivity index (χ2n) is 8.20. The van der Waals surface area contributed by atoms with E-state index < -0.39 is 5.97 Å². The van der Waals surface area contributed by atoms with Crippen molar-refractivity contribution in [2.45, 2.75) is 84.2 Å². The molecule has 1 aromatic rings. The normalized spacial score (nSPS) is 12.8. The van der Waals surface area contributed by atoms with Gasteiger partial charge >= 0.3 is 5.97 Å². The molecular formula is C25H42N2O3. The Bertz CT molecular complexity index is 587. The lowest BCUT2D eigenvalue weighted by Gasteiger charge is -2.17. The van der Waals surface area contributed by atoms with Crippen LogP contribution < -0.4 is 0 Å². The maximum absolute atomic E-state index is 10.3. The molecule has 1 aliphatic rings. The molecule has 1 aliphatic heterocycles. The maximum Gasteiger partial charge on any atom is 0.335 e. The fourth-order valence-electron chi connectivity index (χ4n) is 3.47. The second kappa shape index (κ2) is 16.8. The average molecular weight is 419 g/mol. The molecule has 0 aliphatic carbocycles. The Morgan fingerprint density at radius 2 is 1.40 bits per heavy atom. The molecule has 0 amide bonds. The zero-order chi connectivity index (χ0) is 22.0. The molecule has 5 nitrogen and oxygen atoms in total. The minimum absolute atomic E-state index is 0.0557. The van der Waals surface area contributed by atoms with Crippen LogP contribution in [0.5, 0.6) is 0 Å². The summed E-state index contributed by atoms with van der Waals surface area (Å²) in [5, 5.41) is 17.1. The van der Waals surface area contributed by atoms with Crippen LogP contribution >= 0.6 is 0 Å². The monoisotopic (exact) mass is 418 g/mol. The molecule has 5 heteroatoms. The Morgan fingerprint density at radius 1 is 0.867 bits per heavy atom. The van der Waals surface area contributed by atoms with E-state index in [0.29, 0.717) is 0 Å². The van der Waals surface area contributed by atoms with E-state index in [1.807, 2.05) is 0 Å². The van der Waals surface area contributed by atoms with Crippen molar-refractivity contribution >= 4 is 5.97 Å². The third-order valence-electron chi connectivity index (χ3n) is 5.37. The molecular weight excluding hydrogens is 376 g/mol. The van der Waals surface area contributed by atoms with Crippen molar-refractivity contribution in [3.8, 4) is 0 Å². The molecule has 0 aromatic heterocycles. The van der Waals surface area contributed by atoms with E-state index in [-0.39, 0.29) is 12.2 Å². The summed E-state index contributed by atoms with van der Waals surface area (Å²) < 4.78 is 0. The van der Waals surface area contributed by atoms with Crippen molar-refractivity contribution in [2.24, 2.45) is 0 Å². The van der Waals surface area contributed by atoms with Crippen LogP contribution in [0.15, 0.2) is 36.7 Å². The van der Waals surface area contributed by atoms with Gasteiger partial charge in [-0.15, -0.1) is 0 Å². The number of hydrogen-bond donors (Lipinski definition) is 2. The molecule has 30 heavy (non-hydrogen) atoms. The molecule has 2 rings (SSSR count). The van der Waals surface area contributed by atoms with E-state index in [2.05, 4.69) is 36.2 Å². The van der Waals surface area contributed by atoms with Gasteiger partial charge in [0.05, 0.1) is 18.8 Å². The first kappa shape index (κ1) is 26.0. The van der Waals surface area contributed by atoms with Gasteiger partial charge in [-0.05, 0) is 24.1 Å². The van der Waals surface area contributed by atoms with Crippen molar-refractivity contribution in [3.63, 3.8) is 0 Å². The van der Waals surface area contributed by atoms with E-state index in [9.17, 15) is 4.79 Å². The topological polar surface area (TPSA) is 64.0 Å². The smallest absolute Gasteiger partial charge is 0.335 e. The highest BCUT2D eigenvalue weighted by Crippen LogP contribution is 2.12. The van der Waals surface area contributed by atoms with Crippen LogP contribution in [0.3, 0.4) is 0 Å². The third-order valence-corrected chi connectivity index (χ3v) is 5.37. The van der Waals surface area contributed by atoms with Crippen LogP contribution in [0.25, 0.3) is 0 Å². The highest BCUT2D eigenvalue weighted by molar-refractivity contribution is 5.87. The van der Waals surface area contributed by atoms with E-state index in [4.69, 9.17) is 10.2 Å². The van der Waals surface area contributed by atoms with Gasteiger partial charge in [0.25, 0.3) is 0 Å². The molecule has 0 saturated carbocycles. The summed E-state index contributed by atoms with van der Waals surface area (Å²) in [6, 6.07) is 6.11. The Kier molecular flexibility index (Phi) is 14.5. The van der Waals surface area contributed by atoms with E-state index in [0.717, 1.165) is 12.2 Å². The highest BCUT2D eigenvalue weighted by atomic mass is 16.4. The lowest BCUT2D eigenvalue weighted by atomic mass is 10.1. The van der Waals surface area contributed by atoms with Crippen molar-refractivity contribution in [1.29, 1.82) is 0 Å². The Morgan fingerprint density at radius 3 is 1.83 bits per heavy atom. The van der Waals surface area contributed by atoms with Gasteiger partial charge in [-0.1, -0.05) is 83.3 Å². The molecule has 170 valence electrons. The van der Waals surface area contributed by atoms with Gasteiger partial charge in [-0.3, -0.25) is 0 Å². The predicted octanol–water partition coefficient (Wildman–Crippen LogP) is 5.85. The number of aliphatic hydroxyl groups excluding tert-OH is 1. The molecule has 0 atom stereocenters. The summed E-state index contributed by atoms with van der Waals surface area (Å²) in [5.41, 5.74) is 0.956. The SMILES string of the molecule is CCCCCCCCCCCCCN1C=CN(C)C1.O=C(O)c1ccc(CO)cc1. The first-order valence-corrected chi connectivity index (χ1v) is 11.6. The number of carboxylic acids is 1. The average Bonchev–Trinajstić information content (AvgIpc) is 3.17. The second-order valence-corrected chi connectivity index (χ2v) is 8.20. The van der Waals surface area contributed by atoms with Crippen LogP contribution in [0.1, 0.15) is 93.5 Å². The molecule has 1 aromatic carbocycles. The van der Waals surface area contributed by atoms with Crippen LogP contribution in [-0.2, 0) is 6.61 Å². The predicted molar refractivity (Wildman–Crippen MR) is 124 cm³/mol. The van der Waals surface area contributed by atoms with Gasteiger partial charge in [0.2, 0.25) is 0 Å². The number of hydrogen-bond acceptors (Lipinski definition) is 4. The minimum Gasteiger partial charge on any atom is -0.478 e. The number of aromatic carboxylic acids is 1. The number of unbranched alkanes of at least 4 members (excludes halogenated alkanes) is 10. The number of rotatable bonds is 14.